The quantitative estimate of drug-likeness (QED) is 0.109. The van der Waals surface area contributed by atoms with Gasteiger partial charge in [0.15, 0.2) is 5.78 Å². The van der Waals surface area contributed by atoms with E-state index >= 15 is 0 Å². The van der Waals surface area contributed by atoms with Crippen LogP contribution in [0.3, 0.4) is 0 Å². The first kappa shape index (κ1) is 42.1. The first-order valence-corrected chi connectivity index (χ1v) is 19.2. The first-order chi connectivity index (χ1) is 22.6. The van der Waals surface area contributed by atoms with E-state index in [2.05, 4.69) is 120 Å². The number of aromatic nitrogens is 1. The molecule has 0 saturated heterocycles. The van der Waals surface area contributed by atoms with Gasteiger partial charge >= 0.3 is 0 Å². The molecule has 0 amide bonds. The summed E-state index contributed by atoms with van der Waals surface area (Å²) >= 11 is 1.93. The number of aryl methyl sites for hydroxylation is 1. The molecule has 1 aliphatic rings. The van der Waals surface area contributed by atoms with Gasteiger partial charge in [-0.3, -0.25) is 4.79 Å². The number of allylic oxidation sites excluding steroid dienone is 2. The normalized spacial score (nSPS) is 16.1. The summed E-state index contributed by atoms with van der Waals surface area (Å²) in [5.74, 6) is 1.27. The molecule has 0 atom stereocenters. The SMILES string of the molecule is CC(C)C(C)(C(=O)/C=C(\O)C(C)(C(C)C)C(C)C)C(C)C.Cc1cc2c(c3sc4c(-c5[c-]cccc5)nccc4c13)C(C)(C)CCC2(C)C.[Ir]. The van der Waals surface area contributed by atoms with Crippen molar-refractivity contribution in [2.75, 3.05) is 0 Å². The topological polar surface area (TPSA) is 50.2 Å². The third kappa shape index (κ3) is 7.44. The van der Waals surface area contributed by atoms with E-state index in [1.807, 2.05) is 43.5 Å². The average Bonchev–Trinajstić information content (AvgIpc) is 3.42. The fourth-order valence-corrected chi connectivity index (χ4v) is 9.43. The number of aliphatic hydroxyl groups excluding tert-OH is 1. The van der Waals surface area contributed by atoms with Gasteiger partial charge in [0.25, 0.3) is 0 Å². The van der Waals surface area contributed by atoms with Gasteiger partial charge in [0.1, 0.15) is 5.76 Å². The third-order valence-electron chi connectivity index (χ3n) is 12.7. The smallest absolute Gasteiger partial charge is 0.165 e. The number of carbonyl (C=O) groups excluding carboxylic acids is 1. The second kappa shape index (κ2) is 15.3. The van der Waals surface area contributed by atoms with Crippen LogP contribution in [0.2, 0.25) is 0 Å². The summed E-state index contributed by atoms with van der Waals surface area (Å²) in [4.78, 5) is 17.6. The molecule has 1 N–H and O–H groups in total. The zero-order valence-corrected chi connectivity index (χ0v) is 36.6. The number of pyridine rings is 1. The van der Waals surface area contributed by atoms with Gasteiger partial charge < -0.3 is 10.1 Å². The van der Waals surface area contributed by atoms with Gasteiger partial charge in [0.05, 0.1) is 0 Å². The number of ketones is 1. The van der Waals surface area contributed by atoms with Gasteiger partial charge in [-0.1, -0.05) is 103 Å². The number of nitrogens with zero attached hydrogens (tertiary/aromatic N) is 1. The minimum Gasteiger partial charge on any atom is -0.512 e. The summed E-state index contributed by atoms with van der Waals surface area (Å²) in [7, 11) is 0. The number of hydrogen-bond donors (Lipinski definition) is 1. The van der Waals surface area contributed by atoms with Crippen molar-refractivity contribution in [1.29, 1.82) is 0 Å². The molecule has 1 radical (unpaired) electrons. The van der Waals surface area contributed by atoms with Crippen LogP contribution in [-0.4, -0.2) is 15.9 Å². The summed E-state index contributed by atoms with van der Waals surface area (Å²) in [6.45, 7) is 32.7. The minimum absolute atomic E-state index is 0. The Balaban J connectivity index is 0.000000279. The van der Waals surface area contributed by atoms with E-state index in [9.17, 15) is 9.90 Å². The van der Waals surface area contributed by atoms with Crippen molar-refractivity contribution in [3.8, 4) is 11.3 Å². The molecule has 2 aromatic heterocycles. The molecule has 275 valence electrons. The van der Waals surface area contributed by atoms with Crippen molar-refractivity contribution in [1.82, 2.24) is 4.98 Å². The summed E-state index contributed by atoms with van der Waals surface area (Å²) in [6.07, 6.45) is 5.93. The Labute approximate surface area is 321 Å². The second-order valence-electron chi connectivity index (χ2n) is 17.6. The fourth-order valence-electron chi connectivity index (χ4n) is 7.83. The predicted octanol–water partition coefficient (Wildman–Crippen LogP) is 13.2. The average molecular weight is 873 g/mol. The van der Waals surface area contributed by atoms with Crippen molar-refractivity contribution in [3.05, 3.63) is 77.2 Å². The number of aliphatic hydroxyl groups is 1. The Bertz CT molecular complexity index is 1830. The van der Waals surface area contributed by atoms with Gasteiger partial charge in [-0.25, -0.2) is 0 Å². The van der Waals surface area contributed by atoms with E-state index < -0.39 is 5.41 Å². The molecular weight excluding hydrogens is 811 g/mol. The molecular formula is C45H62IrNO2S-. The van der Waals surface area contributed by atoms with Crippen molar-refractivity contribution in [2.24, 2.45) is 34.5 Å². The Kier molecular flexibility index (Phi) is 12.9. The van der Waals surface area contributed by atoms with Gasteiger partial charge in [0.2, 0.25) is 0 Å². The zero-order chi connectivity index (χ0) is 36.9. The summed E-state index contributed by atoms with van der Waals surface area (Å²) in [5, 5.41) is 13.4. The van der Waals surface area contributed by atoms with Gasteiger partial charge in [-0.05, 0) is 82.4 Å². The number of benzene rings is 2. The van der Waals surface area contributed by atoms with E-state index in [4.69, 9.17) is 4.98 Å². The minimum atomic E-state index is -0.442. The Morgan fingerprint density at radius 2 is 1.44 bits per heavy atom. The van der Waals surface area contributed by atoms with E-state index in [0.717, 1.165) is 11.3 Å². The molecule has 0 fully saturated rings. The molecule has 0 spiro atoms. The van der Waals surface area contributed by atoms with Gasteiger partial charge in [-0.2, -0.15) is 0 Å². The number of hydrogen-bond acceptors (Lipinski definition) is 4. The maximum atomic E-state index is 12.8. The van der Waals surface area contributed by atoms with Crippen LogP contribution in [0.15, 0.2) is 54.4 Å². The van der Waals surface area contributed by atoms with Crippen LogP contribution in [-0.2, 0) is 35.7 Å². The molecule has 2 aromatic carbocycles. The van der Waals surface area contributed by atoms with Crippen molar-refractivity contribution >= 4 is 37.3 Å². The Hall–Kier alpha value is -2.33. The summed E-state index contributed by atoms with van der Waals surface area (Å²) in [5.41, 5.74) is 6.24. The number of rotatable bonds is 8. The van der Waals surface area contributed by atoms with Crippen LogP contribution in [0.4, 0.5) is 0 Å². The predicted molar refractivity (Wildman–Crippen MR) is 213 cm³/mol. The monoisotopic (exact) mass is 873 g/mol. The number of thiophene rings is 1. The van der Waals surface area contributed by atoms with E-state index in [0.29, 0.717) is 0 Å². The van der Waals surface area contributed by atoms with Crippen LogP contribution in [0.1, 0.15) is 126 Å². The van der Waals surface area contributed by atoms with Crippen LogP contribution in [0, 0.1) is 47.5 Å². The largest absolute Gasteiger partial charge is 0.512 e. The molecule has 5 heteroatoms. The maximum absolute atomic E-state index is 12.8. The molecule has 0 aliphatic heterocycles. The van der Waals surface area contributed by atoms with E-state index in [1.165, 1.54) is 44.7 Å². The summed E-state index contributed by atoms with van der Waals surface area (Å²) < 4.78 is 2.75. The molecule has 0 saturated carbocycles. The van der Waals surface area contributed by atoms with Gasteiger partial charge in [0, 0.05) is 63.7 Å². The van der Waals surface area contributed by atoms with Crippen LogP contribution in [0.25, 0.3) is 31.4 Å². The molecule has 0 unspecified atom stereocenters. The van der Waals surface area contributed by atoms with Crippen molar-refractivity contribution < 1.29 is 30.0 Å². The molecule has 1 aliphatic carbocycles. The van der Waals surface area contributed by atoms with Crippen LogP contribution in [0.5, 0.6) is 0 Å². The third-order valence-corrected chi connectivity index (χ3v) is 14.0. The van der Waals surface area contributed by atoms with E-state index in [1.54, 1.807) is 11.1 Å². The van der Waals surface area contributed by atoms with Gasteiger partial charge in [-0.15, -0.1) is 47.2 Å². The van der Waals surface area contributed by atoms with Crippen molar-refractivity contribution in [2.45, 2.75) is 128 Å². The standard InChI is InChI=1S/C26H26NS.C19H36O2.Ir/c1-16-15-19-21(26(4,5)13-12-25(19,2)3)24-20(16)18-11-14-27-22(23(18)28-24)17-9-7-6-8-10-17;1-12(2)18(9,13(3)4)16(20)11-17(21)19(10,14(5)6)15(7)8;/h6-9,11,14-15H,12-13H2,1-5H3;11-15,20H,1-10H3;/q-1;;/b;16-11-;. The van der Waals surface area contributed by atoms with Crippen LogP contribution < -0.4 is 0 Å². The second-order valence-corrected chi connectivity index (χ2v) is 18.6. The molecule has 4 aromatic rings. The first-order valence-electron chi connectivity index (χ1n) is 18.4. The van der Waals surface area contributed by atoms with E-state index in [-0.39, 0.29) is 71.6 Å². The molecule has 2 heterocycles. The molecule has 50 heavy (non-hydrogen) atoms. The fraction of sp³-hybridized carbons (Fsp3) is 0.556. The van der Waals surface area contributed by atoms with Crippen molar-refractivity contribution in [3.63, 3.8) is 0 Å². The molecule has 0 bridgehead atoms. The molecule has 5 rings (SSSR count). The Morgan fingerprint density at radius 1 is 0.880 bits per heavy atom. The number of fused-ring (bicyclic) bond motifs is 5. The Morgan fingerprint density at radius 3 is 1.96 bits per heavy atom. The zero-order valence-electron chi connectivity index (χ0n) is 33.4. The van der Waals surface area contributed by atoms with Crippen LogP contribution >= 0.6 is 11.3 Å². The number of carbonyl (C=O) groups is 1. The molecule has 3 nitrogen and oxygen atoms in total. The maximum Gasteiger partial charge on any atom is 0.165 e. The summed E-state index contributed by atoms with van der Waals surface area (Å²) in [6, 6.07) is 16.2.